The quantitative estimate of drug-likeness (QED) is 0.687. The van der Waals surface area contributed by atoms with Crippen LogP contribution in [0.5, 0.6) is 0 Å². The molecule has 0 saturated carbocycles. The molecular weight excluding hydrogens is 367 g/mol. The van der Waals surface area contributed by atoms with Crippen molar-refractivity contribution in [2.24, 2.45) is 0 Å². The molecular formula is C21H20F3N3O. The standard InChI is InChI=1S/C21H20F3N3O/c1-14-10-15(2)27(26-14)13-16-6-5-8-18(11-16)25-20(28)12-17-7-3-4-9-19(17)21(22,23)24/h3-11H,12-13H2,1-2H3,(H,25,28). The molecule has 0 aliphatic rings. The summed E-state index contributed by atoms with van der Waals surface area (Å²) in [5.41, 5.74) is 2.57. The van der Waals surface area contributed by atoms with E-state index >= 15 is 0 Å². The first-order valence-electron chi connectivity index (χ1n) is 8.77. The Bertz CT molecular complexity index is 993. The summed E-state index contributed by atoms with van der Waals surface area (Å²) in [6, 6.07) is 14.3. The number of benzene rings is 2. The minimum absolute atomic E-state index is 0.0497. The molecule has 4 nitrogen and oxygen atoms in total. The predicted octanol–water partition coefficient (Wildman–Crippen LogP) is 4.75. The van der Waals surface area contributed by atoms with E-state index in [1.807, 2.05) is 30.7 Å². The largest absolute Gasteiger partial charge is 0.416 e. The highest BCUT2D eigenvalue weighted by molar-refractivity contribution is 5.92. The molecule has 0 aliphatic carbocycles. The first kappa shape index (κ1) is 19.7. The van der Waals surface area contributed by atoms with Crippen LogP contribution in [0.1, 0.15) is 28.1 Å². The molecule has 0 unspecified atom stereocenters. The van der Waals surface area contributed by atoms with Crippen molar-refractivity contribution in [2.75, 3.05) is 5.32 Å². The van der Waals surface area contributed by atoms with Crippen molar-refractivity contribution in [3.05, 3.63) is 82.7 Å². The van der Waals surface area contributed by atoms with E-state index in [-0.39, 0.29) is 12.0 Å². The number of hydrogen-bond donors (Lipinski definition) is 1. The summed E-state index contributed by atoms with van der Waals surface area (Å²) in [7, 11) is 0. The maximum atomic E-state index is 13.1. The molecule has 0 saturated heterocycles. The first-order valence-corrected chi connectivity index (χ1v) is 8.77. The summed E-state index contributed by atoms with van der Waals surface area (Å²) < 4.78 is 41.1. The van der Waals surface area contributed by atoms with E-state index in [0.29, 0.717) is 12.2 Å². The lowest BCUT2D eigenvalue weighted by Gasteiger charge is -2.13. The van der Waals surface area contributed by atoms with E-state index in [1.165, 1.54) is 18.2 Å². The number of anilines is 1. The van der Waals surface area contributed by atoms with E-state index < -0.39 is 17.6 Å². The summed E-state index contributed by atoms with van der Waals surface area (Å²) in [4.78, 5) is 12.3. The third-order valence-electron chi connectivity index (χ3n) is 4.32. The molecule has 146 valence electrons. The van der Waals surface area contributed by atoms with Crippen LogP contribution in [-0.2, 0) is 23.9 Å². The number of halogens is 3. The normalized spacial score (nSPS) is 11.5. The van der Waals surface area contributed by atoms with Gasteiger partial charge in [0.1, 0.15) is 0 Å². The van der Waals surface area contributed by atoms with Crippen molar-refractivity contribution in [1.82, 2.24) is 9.78 Å². The van der Waals surface area contributed by atoms with Crippen LogP contribution in [0.15, 0.2) is 54.6 Å². The van der Waals surface area contributed by atoms with Gasteiger partial charge in [0.25, 0.3) is 0 Å². The minimum atomic E-state index is -4.49. The van der Waals surface area contributed by atoms with Gasteiger partial charge in [0.15, 0.2) is 0 Å². The molecule has 1 aromatic heterocycles. The number of alkyl halides is 3. The Labute approximate surface area is 161 Å². The molecule has 3 rings (SSSR count). The van der Waals surface area contributed by atoms with Crippen molar-refractivity contribution < 1.29 is 18.0 Å². The highest BCUT2D eigenvalue weighted by Gasteiger charge is 2.33. The van der Waals surface area contributed by atoms with Crippen molar-refractivity contribution in [3.63, 3.8) is 0 Å². The fourth-order valence-electron chi connectivity index (χ4n) is 3.08. The predicted molar refractivity (Wildman–Crippen MR) is 101 cm³/mol. The number of carbonyl (C=O) groups excluding carboxylic acids is 1. The van der Waals surface area contributed by atoms with Crippen LogP contribution >= 0.6 is 0 Å². The third kappa shape index (κ3) is 4.79. The van der Waals surface area contributed by atoms with E-state index in [4.69, 9.17) is 0 Å². The average molecular weight is 387 g/mol. The van der Waals surface area contributed by atoms with Crippen molar-refractivity contribution in [2.45, 2.75) is 33.0 Å². The number of nitrogens with one attached hydrogen (secondary N) is 1. The molecule has 1 N–H and O–H groups in total. The number of aromatic nitrogens is 2. The molecule has 1 amide bonds. The Kier molecular flexibility index (Phi) is 5.53. The van der Waals surface area contributed by atoms with Gasteiger partial charge in [0, 0.05) is 11.4 Å². The average Bonchev–Trinajstić information content (AvgIpc) is 2.91. The molecule has 0 spiro atoms. The Morgan fingerprint density at radius 1 is 1.07 bits per heavy atom. The molecule has 0 aliphatic heterocycles. The molecule has 0 atom stereocenters. The third-order valence-corrected chi connectivity index (χ3v) is 4.32. The fraction of sp³-hybridized carbons (Fsp3) is 0.238. The topological polar surface area (TPSA) is 46.9 Å². The highest BCUT2D eigenvalue weighted by Crippen LogP contribution is 2.32. The van der Waals surface area contributed by atoms with Crippen molar-refractivity contribution in [3.8, 4) is 0 Å². The van der Waals surface area contributed by atoms with Crippen LogP contribution in [-0.4, -0.2) is 15.7 Å². The SMILES string of the molecule is Cc1cc(C)n(Cc2cccc(NC(=O)Cc3ccccc3C(F)(F)F)c2)n1. The van der Waals surface area contributed by atoms with E-state index in [2.05, 4.69) is 10.4 Å². The van der Waals surface area contributed by atoms with Crippen LogP contribution in [0.3, 0.4) is 0 Å². The lowest BCUT2D eigenvalue weighted by Crippen LogP contribution is -2.18. The van der Waals surface area contributed by atoms with Gasteiger partial charge in [-0.15, -0.1) is 0 Å². The Morgan fingerprint density at radius 2 is 1.82 bits per heavy atom. The summed E-state index contributed by atoms with van der Waals surface area (Å²) in [5.74, 6) is -0.500. The van der Waals surface area contributed by atoms with Gasteiger partial charge in [-0.25, -0.2) is 0 Å². The smallest absolute Gasteiger partial charge is 0.326 e. The molecule has 3 aromatic rings. The Balaban J connectivity index is 1.71. The Hall–Kier alpha value is -3.09. The Morgan fingerprint density at radius 3 is 2.50 bits per heavy atom. The van der Waals surface area contributed by atoms with Crippen LogP contribution in [0.25, 0.3) is 0 Å². The summed E-state index contributed by atoms with van der Waals surface area (Å²) in [6.45, 7) is 4.42. The summed E-state index contributed by atoms with van der Waals surface area (Å²) >= 11 is 0. The van der Waals surface area contributed by atoms with E-state index in [9.17, 15) is 18.0 Å². The zero-order valence-electron chi connectivity index (χ0n) is 15.5. The number of aryl methyl sites for hydroxylation is 2. The molecule has 7 heteroatoms. The molecule has 2 aromatic carbocycles. The number of rotatable bonds is 5. The van der Waals surface area contributed by atoms with Gasteiger partial charge in [-0.2, -0.15) is 18.3 Å². The maximum absolute atomic E-state index is 13.1. The minimum Gasteiger partial charge on any atom is -0.326 e. The maximum Gasteiger partial charge on any atom is 0.416 e. The first-order chi connectivity index (χ1) is 13.2. The number of carbonyl (C=O) groups is 1. The van der Waals surface area contributed by atoms with Crippen molar-refractivity contribution in [1.29, 1.82) is 0 Å². The number of nitrogens with zero attached hydrogens (tertiary/aromatic N) is 2. The summed E-state index contributed by atoms with van der Waals surface area (Å²) in [6.07, 6.45) is -4.84. The zero-order chi connectivity index (χ0) is 20.3. The van der Waals surface area contributed by atoms with Crippen molar-refractivity contribution >= 4 is 11.6 Å². The molecule has 0 fully saturated rings. The molecule has 0 radical (unpaired) electrons. The lowest BCUT2D eigenvalue weighted by molar-refractivity contribution is -0.138. The summed E-state index contributed by atoms with van der Waals surface area (Å²) in [5, 5.41) is 7.09. The van der Waals surface area contributed by atoms with Gasteiger partial charge < -0.3 is 5.32 Å². The zero-order valence-corrected chi connectivity index (χ0v) is 15.5. The second kappa shape index (κ2) is 7.88. The van der Waals surface area contributed by atoms with Gasteiger partial charge in [0.2, 0.25) is 5.91 Å². The lowest BCUT2D eigenvalue weighted by atomic mass is 10.0. The van der Waals surface area contributed by atoms with Gasteiger partial charge in [-0.1, -0.05) is 30.3 Å². The van der Waals surface area contributed by atoms with Crippen LogP contribution in [0, 0.1) is 13.8 Å². The monoisotopic (exact) mass is 387 g/mol. The molecule has 1 heterocycles. The van der Waals surface area contributed by atoms with Crippen LogP contribution in [0.2, 0.25) is 0 Å². The van der Waals surface area contributed by atoms with Crippen LogP contribution in [0.4, 0.5) is 18.9 Å². The van der Waals surface area contributed by atoms with Gasteiger partial charge >= 0.3 is 6.18 Å². The van der Waals surface area contributed by atoms with E-state index in [1.54, 1.807) is 18.2 Å². The van der Waals surface area contributed by atoms with Gasteiger partial charge in [0.05, 0.1) is 24.2 Å². The van der Waals surface area contributed by atoms with Crippen LogP contribution < -0.4 is 5.32 Å². The second-order valence-corrected chi connectivity index (χ2v) is 6.66. The van der Waals surface area contributed by atoms with Gasteiger partial charge in [-0.3, -0.25) is 9.48 Å². The molecule has 0 bridgehead atoms. The van der Waals surface area contributed by atoms with Gasteiger partial charge in [-0.05, 0) is 49.2 Å². The second-order valence-electron chi connectivity index (χ2n) is 6.66. The molecule has 28 heavy (non-hydrogen) atoms. The highest BCUT2D eigenvalue weighted by atomic mass is 19.4. The number of amides is 1. The number of hydrogen-bond acceptors (Lipinski definition) is 2. The van der Waals surface area contributed by atoms with E-state index in [0.717, 1.165) is 23.0 Å². The fourth-order valence-corrected chi connectivity index (χ4v) is 3.08.